The first kappa shape index (κ1) is 28.8. The van der Waals surface area contributed by atoms with Gasteiger partial charge >= 0.3 is 0 Å². The summed E-state index contributed by atoms with van der Waals surface area (Å²) < 4.78 is 21.2. The summed E-state index contributed by atoms with van der Waals surface area (Å²) >= 11 is 12.4. The van der Waals surface area contributed by atoms with E-state index in [0.717, 1.165) is 75.6 Å². The number of carboxylic acid groups (broad SMARTS) is 1. The van der Waals surface area contributed by atoms with Crippen LogP contribution in [0.4, 0.5) is 4.39 Å². The molecule has 0 bridgehead atoms. The van der Waals surface area contributed by atoms with Crippen LogP contribution in [0, 0.1) is 17.7 Å². The minimum atomic E-state index is -0.426. The van der Waals surface area contributed by atoms with Crippen LogP contribution in [0.1, 0.15) is 91.7 Å². The summed E-state index contributed by atoms with van der Waals surface area (Å²) in [4.78, 5) is 23.7. The lowest BCUT2D eigenvalue weighted by molar-refractivity contribution is -0.122. The quantitative estimate of drug-likeness (QED) is 0.261. The SMILES string of the molecule is CC(c1cc(Cl)cc(Cl)c1)N1CCC(COc2cc(F)c(C(=O)C3CCCC3)cc2C2CC2)CC1.O=CO. The van der Waals surface area contributed by atoms with Crippen LogP contribution in [-0.4, -0.2) is 42.0 Å². The first-order valence-electron chi connectivity index (χ1n) is 13.6. The van der Waals surface area contributed by atoms with E-state index < -0.39 is 5.82 Å². The summed E-state index contributed by atoms with van der Waals surface area (Å²) in [5, 5.41) is 8.22. The zero-order valence-electron chi connectivity index (χ0n) is 21.8. The number of carbonyl (C=O) groups excluding carboxylic acids is 1. The summed E-state index contributed by atoms with van der Waals surface area (Å²) in [6, 6.07) is 9.27. The van der Waals surface area contributed by atoms with E-state index in [2.05, 4.69) is 11.8 Å². The summed E-state index contributed by atoms with van der Waals surface area (Å²) in [5.74, 6) is 1.00. The second kappa shape index (κ2) is 13.3. The van der Waals surface area contributed by atoms with Gasteiger partial charge in [-0.05, 0) is 106 Å². The van der Waals surface area contributed by atoms with Crippen molar-refractivity contribution in [3.05, 3.63) is 62.9 Å². The molecule has 0 amide bonds. The molecule has 1 N–H and O–H groups in total. The number of nitrogens with zero attached hydrogens (tertiary/aromatic N) is 1. The van der Waals surface area contributed by atoms with Crippen LogP contribution in [0.15, 0.2) is 30.3 Å². The highest BCUT2D eigenvalue weighted by Gasteiger charge is 2.32. The lowest BCUT2D eigenvalue weighted by Gasteiger charge is -2.36. The molecular formula is C30H36Cl2FNO4. The second-order valence-corrected chi connectivity index (χ2v) is 11.6. The summed E-state index contributed by atoms with van der Waals surface area (Å²) in [6.45, 7) is 4.47. The molecule has 2 saturated carbocycles. The average molecular weight is 565 g/mol. The Morgan fingerprint density at radius 2 is 1.66 bits per heavy atom. The van der Waals surface area contributed by atoms with E-state index in [1.165, 1.54) is 6.07 Å². The molecule has 1 atom stereocenters. The molecule has 1 aliphatic heterocycles. The van der Waals surface area contributed by atoms with Crippen LogP contribution in [0.2, 0.25) is 10.0 Å². The normalized spacial score (nSPS) is 19.5. The number of hydrogen-bond donors (Lipinski definition) is 1. The first-order valence-corrected chi connectivity index (χ1v) is 14.3. The third-order valence-corrected chi connectivity index (χ3v) is 8.58. The number of Topliss-reactive ketones (excluding diaryl/α,β-unsaturated/α-hetero) is 1. The molecule has 0 spiro atoms. The fraction of sp³-hybridized carbons (Fsp3) is 0.533. The van der Waals surface area contributed by atoms with Crippen LogP contribution < -0.4 is 4.74 Å². The molecule has 5 rings (SSSR count). The van der Waals surface area contributed by atoms with Crippen LogP contribution in [0.25, 0.3) is 0 Å². The monoisotopic (exact) mass is 563 g/mol. The van der Waals surface area contributed by atoms with Gasteiger partial charge in [0.05, 0.1) is 12.2 Å². The van der Waals surface area contributed by atoms with E-state index in [9.17, 15) is 4.79 Å². The van der Waals surface area contributed by atoms with Crippen molar-refractivity contribution in [2.75, 3.05) is 19.7 Å². The highest BCUT2D eigenvalue weighted by molar-refractivity contribution is 6.34. The Labute approximate surface area is 234 Å². The zero-order chi connectivity index (χ0) is 27.2. The number of hydrogen-bond acceptors (Lipinski definition) is 4. The lowest BCUT2D eigenvalue weighted by atomic mass is 9.93. The fourth-order valence-corrected chi connectivity index (χ4v) is 6.29. The molecule has 2 aromatic rings. The number of ketones is 1. The summed E-state index contributed by atoms with van der Waals surface area (Å²) in [5.41, 5.74) is 2.43. The maximum Gasteiger partial charge on any atom is 0.290 e. The van der Waals surface area contributed by atoms with E-state index in [1.807, 2.05) is 18.2 Å². The van der Waals surface area contributed by atoms with Gasteiger partial charge in [0.15, 0.2) is 5.78 Å². The Morgan fingerprint density at radius 3 is 2.24 bits per heavy atom. The molecule has 0 aromatic heterocycles. The van der Waals surface area contributed by atoms with Crippen molar-refractivity contribution >= 4 is 35.5 Å². The number of rotatable bonds is 8. The maximum atomic E-state index is 15.0. The lowest BCUT2D eigenvalue weighted by Crippen LogP contribution is -2.37. The zero-order valence-corrected chi connectivity index (χ0v) is 23.3. The molecule has 1 unspecified atom stereocenters. The maximum absolute atomic E-state index is 15.0. The van der Waals surface area contributed by atoms with Gasteiger partial charge in [0, 0.05) is 28.1 Å². The van der Waals surface area contributed by atoms with Crippen molar-refractivity contribution in [1.29, 1.82) is 0 Å². The molecule has 206 valence electrons. The number of benzene rings is 2. The Hall–Kier alpha value is -2.15. The van der Waals surface area contributed by atoms with Crippen molar-refractivity contribution < 1.29 is 23.8 Å². The molecule has 1 heterocycles. The van der Waals surface area contributed by atoms with Crippen LogP contribution >= 0.6 is 23.2 Å². The van der Waals surface area contributed by atoms with Crippen molar-refractivity contribution in [1.82, 2.24) is 4.90 Å². The van der Waals surface area contributed by atoms with Gasteiger partial charge in [-0.1, -0.05) is 36.0 Å². The summed E-state index contributed by atoms with van der Waals surface area (Å²) in [7, 11) is 0. The number of likely N-dealkylation sites (tertiary alicyclic amines) is 1. The van der Waals surface area contributed by atoms with Gasteiger partial charge in [-0.25, -0.2) is 4.39 Å². The molecule has 5 nitrogen and oxygen atoms in total. The summed E-state index contributed by atoms with van der Waals surface area (Å²) in [6.07, 6.45) is 8.13. The molecule has 8 heteroatoms. The van der Waals surface area contributed by atoms with Crippen molar-refractivity contribution in [2.45, 2.75) is 70.3 Å². The van der Waals surface area contributed by atoms with E-state index in [0.29, 0.717) is 34.2 Å². The van der Waals surface area contributed by atoms with Crippen molar-refractivity contribution in [2.24, 2.45) is 11.8 Å². The molecule has 38 heavy (non-hydrogen) atoms. The number of halogens is 3. The number of carbonyl (C=O) groups is 2. The minimum absolute atomic E-state index is 0.0150. The van der Waals surface area contributed by atoms with Gasteiger partial charge < -0.3 is 9.84 Å². The predicted octanol–water partition coefficient (Wildman–Crippen LogP) is 7.94. The third kappa shape index (κ3) is 7.28. The molecule has 3 aliphatic rings. The molecule has 0 radical (unpaired) electrons. The molecular weight excluding hydrogens is 528 g/mol. The van der Waals surface area contributed by atoms with E-state index in [4.69, 9.17) is 37.8 Å². The largest absolute Gasteiger partial charge is 0.493 e. The highest BCUT2D eigenvalue weighted by atomic mass is 35.5. The number of piperidine rings is 1. The standard InChI is InChI=1S/C29H34Cl2FNO2.CH2O2/c1-18(22-12-23(30)14-24(31)13-22)33-10-8-19(9-11-33)17-35-28-16-27(32)26(15-25(28)20-6-7-20)29(34)21-4-2-3-5-21;2-1-3/h12-16,18-21H,2-11,17H2,1H3;1H,(H,2,3). The smallest absolute Gasteiger partial charge is 0.290 e. The Kier molecular flexibility index (Phi) is 10.1. The Bertz CT molecular complexity index is 1110. The van der Waals surface area contributed by atoms with Crippen LogP contribution in [0.3, 0.4) is 0 Å². The number of ether oxygens (including phenoxy) is 1. The first-order chi connectivity index (χ1) is 18.3. The second-order valence-electron chi connectivity index (χ2n) is 10.8. The van der Waals surface area contributed by atoms with Gasteiger partial charge in [-0.2, -0.15) is 0 Å². The third-order valence-electron chi connectivity index (χ3n) is 8.15. The molecule has 2 aliphatic carbocycles. The Morgan fingerprint density at radius 1 is 1.05 bits per heavy atom. The Balaban J connectivity index is 0.00000107. The van der Waals surface area contributed by atoms with Crippen LogP contribution in [0.5, 0.6) is 5.75 Å². The van der Waals surface area contributed by atoms with Crippen molar-refractivity contribution in [3.8, 4) is 5.75 Å². The van der Waals surface area contributed by atoms with Gasteiger partial charge in [0.1, 0.15) is 11.6 Å². The minimum Gasteiger partial charge on any atom is -0.493 e. The van der Waals surface area contributed by atoms with Gasteiger partial charge in [-0.15, -0.1) is 0 Å². The predicted molar refractivity (Wildman–Crippen MR) is 148 cm³/mol. The van der Waals surface area contributed by atoms with E-state index >= 15 is 4.39 Å². The topological polar surface area (TPSA) is 66.8 Å². The van der Waals surface area contributed by atoms with E-state index in [1.54, 1.807) is 6.07 Å². The molecule has 3 fully saturated rings. The molecule has 1 saturated heterocycles. The van der Waals surface area contributed by atoms with Gasteiger partial charge in [0.2, 0.25) is 0 Å². The van der Waals surface area contributed by atoms with Crippen molar-refractivity contribution in [3.63, 3.8) is 0 Å². The van der Waals surface area contributed by atoms with Gasteiger partial charge in [-0.3, -0.25) is 14.5 Å². The van der Waals surface area contributed by atoms with Crippen LogP contribution in [-0.2, 0) is 4.79 Å². The average Bonchev–Trinajstić information content (AvgIpc) is 3.59. The molecule has 2 aromatic carbocycles. The van der Waals surface area contributed by atoms with E-state index in [-0.39, 0.29) is 29.8 Å². The highest BCUT2D eigenvalue weighted by Crippen LogP contribution is 2.46. The van der Waals surface area contributed by atoms with Gasteiger partial charge in [0.25, 0.3) is 6.47 Å². The fourth-order valence-electron chi connectivity index (χ4n) is 5.75.